The number of halogens is 2. The van der Waals surface area contributed by atoms with E-state index in [4.69, 9.17) is 11.6 Å². The van der Waals surface area contributed by atoms with Crippen LogP contribution in [0.1, 0.15) is 36.5 Å². The molecule has 0 bridgehead atoms. The molecular formula is C14H17ClFNO2. The van der Waals surface area contributed by atoms with E-state index in [2.05, 4.69) is 5.32 Å². The third kappa shape index (κ3) is 3.25. The van der Waals surface area contributed by atoms with E-state index in [0.29, 0.717) is 18.8 Å². The van der Waals surface area contributed by atoms with Gasteiger partial charge in [0.2, 0.25) is 0 Å². The first kappa shape index (κ1) is 14.3. The van der Waals surface area contributed by atoms with Gasteiger partial charge in [0.1, 0.15) is 5.82 Å². The van der Waals surface area contributed by atoms with Crippen LogP contribution in [0.15, 0.2) is 18.2 Å². The SMILES string of the molecule is CC[C@H](NC(=O)c1ccc(Cl)c(F)c1)C1CC(O)C1. The topological polar surface area (TPSA) is 49.3 Å². The number of hydrogen-bond donors (Lipinski definition) is 2. The Morgan fingerprint density at radius 2 is 2.26 bits per heavy atom. The summed E-state index contributed by atoms with van der Waals surface area (Å²) < 4.78 is 13.3. The van der Waals surface area contributed by atoms with Gasteiger partial charge in [-0.2, -0.15) is 0 Å². The van der Waals surface area contributed by atoms with Gasteiger partial charge >= 0.3 is 0 Å². The number of aliphatic hydroxyl groups is 1. The highest BCUT2D eigenvalue weighted by atomic mass is 35.5. The Hall–Kier alpha value is -1.13. The molecule has 2 N–H and O–H groups in total. The van der Waals surface area contributed by atoms with Crippen molar-refractivity contribution in [2.45, 2.75) is 38.3 Å². The van der Waals surface area contributed by atoms with E-state index in [1.807, 2.05) is 6.92 Å². The minimum atomic E-state index is -0.596. The summed E-state index contributed by atoms with van der Waals surface area (Å²) in [6.07, 6.45) is 1.98. The van der Waals surface area contributed by atoms with Crippen LogP contribution in [0.5, 0.6) is 0 Å². The molecule has 1 aliphatic rings. The molecule has 0 heterocycles. The highest BCUT2D eigenvalue weighted by Crippen LogP contribution is 2.31. The van der Waals surface area contributed by atoms with Gasteiger partial charge in [0.15, 0.2) is 0 Å². The number of amides is 1. The van der Waals surface area contributed by atoms with Crippen LogP contribution in [0, 0.1) is 11.7 Å². The van der Waals surface area contributed by atoms with Crippen LogP contribution in [0.2, 0.25) is 5.02 Å². The predicted molar refractivity (Wildman–Crippen MR) is 71.7 cm³/mol. The van der Waals surface area contributed by atoms with Crippen LogP contribution in [-0.4, -0.2) is 23.2 Å². The standard InChI is InChI=1S/C14H17ClFNO2/c1-2-13(9-5-10(18)6-9)17-14(19)8-3-4-11(15)12(16)7-8/h3-4,7,9-10,13,18H,2,5-6H2,1H3,(H,17,19)/t9?,10?,13-/m0/s1. The van der Waals surface area contributed by atoms with E-state index >= 15 is 0 Å². The van der Waals surface area contributed by atoms with E-state index in [1.165, 1.54) is 12.1 Å². The zero-order valence-corrected chi connectivity index (χ0v) is 11.5. The second kappa shape index (κ2) is 5.88. The molecule has 1 aliphatic carbocycles. The monoisotopic (exact) mass is 285 g/mol. The summed E-state index contributed by atoms with van der Waals surface area (Å²) in [7, 11) is 0. The van der Waals surface area contributed by atoms with Crippen molar-refractivity contribution in [2.24, 2.45) is 5.92 Å². The van der Waals surface area contributed by atoms with Crippen LogP contribution in [0.4, 0.5) is 4.39 Å². The number of carbonyl (C=O) groups is 1. The lowest BCUT2D eigenvalue weighted by molar-refractivity contribution is 0.0232. The molecule has 1 fully saturated rings. The molecule has 1 amide bonds. The Morgan fingerprint density at radius 3 is 2.79 bits per heavy atom. The summed E-state index contributed by atoms with van der Waals surface area (Å²) in [5.41, 5.74) is 0.264. The molecule has 19 heavy (non-hydrogen) atoms. The molecule has 104 valence electrons. The van der Waals surface area contributed by atoms with Crippen molar-refractivity contribution in [3.05, 3.63) is 34.6 Å². The first-order chi connectivity index (χ1) is 9.01. The van der Waals surface area contributed by atoms with Crippen LogP contribution >= 0.6 is 11.6 Å². The Morgan fingerprint density at radius 1 is 1.58 bits per heavy atom. The van der Waals surface area contributed by atoms with Gasteiger partial charge < -0.3 is 10.4 Å². The van der Waals surface area contributed by atoms with Crippen LogP contribution in [0.3, 0.4) is 0 Å². The molecule has 0 unspecified atom stereocenters. The highest BCUT2D eigenvalue weighted by molar-refractivity contribution is 6.30. The van der Waals surface area contributed by atoms with E-state index in [0.717, 1.165) is 12.5 Å². The van der Waals surface area contributed by atoms with Crippen molar-refractivity contribution in [3.63, 3.8) is 0 Å². The Kier molecular flexibility index (Phi) is 4.42. The van der Waals surface area contributed by atoms with Gasteiger partial charge in [-0.25, -0.2) is 4.39 Å². The van der Waals surface area contributed by atoms with Crippen molar-refractivity contribution in [2.75, 3.05) is 0 Å². The molecule has 0 spiro atoms. The molecule has 3 nitrogen and oxygen atoms in total. The van der Waals surface area contributed by atoms with Gasteiger partial charge in [0, 0.05) is 11.6 Å². The van der Waals surface area contributed by atoms with Gasteiger partial charge in [-0.3, -0.25) is 4.79 Å². The molecule has 5 heteroatoms. The lowest BCUT2D eigenvalue weighted by atomic mass is 9.76. The van der Waals surface area contributed by atoms with E-state index in [9.17, 15) is 14.3 Å². The fourth-order valence-corrected chi connectivity index (χ4v) is 2.52. The fraction of sp³-hybridized carbons (Fsp3) is 0.500. The number of carbonyl (C=O) groups excluding carboxylic acids is 1. The molecule has 2 rings (SSSR count). The predicted octanol–water partition coefficient (Wildman–Crippen LogP) is 2.76. The smallest absolute Gasteiger partial charge is 0.251 e. The maximum absolute atomic E-state index is 13.3. The number of aliphatic hydroxyl groups excluding tert-OH is 1. The van der Waals surface area contributed by atoms with Crippen molar-refractivity contribution in [1.29, 1.82) is 0 Å². The first-order valence-electron chi connectivity index (χ1n) is 6.45. The second-order valence-electron chi connectivity index (χ2n) is 5.00. The first-order valence-corrected chi connectivity index (χ1v) is 6.83. The molecule has 1 aromatic rings. The zero-order valence-electron chi connectivity index (χ0n) is 10.7. The number of nitrogens with one attached hydrogen (secondary N) is 1. The molecular weight excluding hydrogens is 269 g/mol. The minimum Gasteiger partial charge on any atom is -0.393 e. The third-order valence-corrected chi connectivity index (χ3v) is 3.96. The van der Waals surface area contributed by atoms with Gasteiger partial charge in [-0.15, -0.1) is 0 Å². The molecule has 0 aromatic heterocycles. The third-order valence-electron chi connectivity index (χ3n) is 3.66. The Bertz CT molecular complexity index is 475. The lowest BCUT2D eigenvalue weighted by Gasteiger charge is -2.37. The summed E-state index contributed by atoms with van der Waals surface area (Å²) in [4.78, 5) is 12.0. The minimum absolute atomic E-state index is 0.00528. The van der Waals surface area contributed by atoms with Crippen molar-refractivity contribution in [3.8, 4) is 0 Å². The number of benzene rings is 1. The van der Waals surface area contributed by atoms with E-state index in [1.54, 1.807) is 0 Å². The summed E-state index contributed by atoms with van der Waals surface area (Å²) in [5, 5.41) is 12.2. The fourth-order valence-electron chi connectivity index (χ4n) is 2.40. The number of rotatable bonds is 4. The van der Waals surface area contributed by atoms with Crippen molar-refractivity contribution < 1.29 is 14.3 Å². The molecule has 0 radical (unpaired) electrons. The molecule has 0 aliphatic heterocycles. The summed E-state index contributed by atoms with van der Waals surface area (Å²) in [5.74, 6) is -0.591. The molecule has 0 saturated heterocycles. The van der Waals surface area contributed by atoms with E-state index in [-0.39, 0.29) is 28.6 Å². The maximum atomic E-state index is 13.3. The van der Waals surface area contributed by atoms with E-state index < -0.39 is 5.82 Å². The quantitative estimate of drug-likeness (QED) is 0.894. The molecule has 1 atom stereocenters. The summed E-state index contributed by atoms with van der Waals surface area (Å²) in [6.45, 7) is 1.98. The van der Waals surface area contributed by atoms with Gasteiger partial charge in [-0.1, -0.05) is 18.5 Å². The number of hydrogen-bond acceptors (Lipinski definition) is 2. The van der Waals surface area contributed by atoms with Gasteiger partial charge in [0.05, 0.1) is 11.1 Å². The Balaban J connectivity index is 2.00. The summed E-state index contributed by atoms with van der Waals surface area (Å²) in [6, 6.07) is 4.04. The molecule has 1 aromatic carbocycles. The highest BCUT2D eigenvalue weighted by Gasteiger charge is 2.33. The van der Waals surface area contributed by atoms with Gasteiger partial charge in [0.25, 0.3) is 5.91 Å². The summed E-state index contributed by atoms with van der Waals surface area (Å²) >= 11 is 5.58. The average molecular weight is 286 g/mol. The van der Waals surface area contributed by atoms with Crippen molar-refractivity contribution in [1.82, 2.24) is 5.32 Å². The largest absolute Gasteiger partial charge is 0.393 e. The van der Waals surface area contributed by atoms with Crippen LogP contribution in [0.25, 0.3) is 0 Å². The second-order valence-corrected chi connectivity index (χ2v) is 5.41. The van der Waals surface area contributed by atoms with Crippen LogP contribution < -0.4 is 5.32 Å². The average Bonchev–Trinajstić information content (AvgIpc) is 2.35. The molecule has 1 saturated carbocycles. The maximum Gasteiger partial charge on any atom is 0.251 e. The normalized spacial score (nSPS) is 23.6. The zero-order chi connectivity index (χ0) is 14.0. The lowest BCUT2D eigenvalue weighted by Crippen LogP contribution is -2.46. The van der Waals surface area contributed by atoms with Gasteiger partial charge in [-0.05, 0) is 43.4 Å². The van der Waals surface area contributed by atoms with Crippen LogP contribution in [-0.2, 0) is 0 Å². The Labute approximate surface area is 116 Å². The van der Waals surface area contributed by atoms with Crippen molar-refractivity contribution >= 4 is 17.5 Å².